The molecule has 0 radical (unpaired) electrons. The second-order valence-corrected chi connectivity index (χ2v) is 7.94. The molecule has 0 N–H and O–H groups in total. The third-order valence-corrected chi connectivity index (χ3v) is 3.34. The van der Waals surface area contributed by atoms with Crippen LogP contribution in [0.15, 0.2) is 6.07 Å². The molecule has 1 nitrogen and oxygen atoms in total. The van der Waals surface area contributed by atoms with E-state index in [1.165, 1.54) is 6.07 Å². The summed E-state index contributed by atoms with van der Waals surface area (Å²) in [5.41, 5.74) is 0.176. The van der Waals surface area contributed by atoms with Gasteiger partial charge in [0.2, 0.25) is 7.59 Å². The molecule has 0 atom stereocenters. The molecule has 90 valence electrons. The van der Waals surface area contributed by atoms with E-state index in [0.717, 1.165) is 0 Å². The third kappa shape index (κ3) is 3.73. The Morgan fingerprint density at radius 2 is 1.06 bits per heavy atom. The first kappa shape index (κ1) is 15.5. The van der Waals surface area contributed by atoms with E-state index in [0.29, 0.717) is 0 Å². The summed E-state index contributed by atoms with van der Waals surface area (Å²) in [6, 6.07) is 1.29. The van der Waals surface area contributed by atoms with Crippen molar-refractivity contribution in [1.29, 1.82) is 0 Å². The molecular weight excluding hydrogens is 382 g/mol. The van der Waals surface area contributed by atoms with Crippen molar-refractivity contribution >= 4 is 92.8 Å². The Labute approximate surface area is 132 Å². The van der Waals surface area contributed by atoms with E-state index in [-0.39, 0.29) is 21.4 Å². The molecule has 0 amide bonds. The van der Waals surface area contributed by atoms with Gasteiger partial charge in [0.05, 0.1) is 0 Å². The van der Waals surface area contributed by atoms with Crippen LogP contribution in [-0.2, 0) is 7.59 Å². The Hall–Kier alpha value is 1.47. The van der Waals surface area contributed by atoms with Gasteiger partial charge in [-0.15, -0.1) is 0 Å². The van der Waals surface area contributed by atoms with E-state index in [9.17, 15) is 0 Å². The number of hydrogen-bond donors (Lipinski definition) is 0. The zero-order valence-corrected chi connectivity index (χ0v) is 13.1. The van der Waals surface area contributed by atoms with Crippen LogP contribution >= 0.6 is 92.8 Å². The summed E-state index contributed by atoms with van der Waals surface area (Å²) in [7, 11) is 0. The van der Waals surface area contributed by atoms with E-state index in [4.69, 9.17) is 92.8 Å². The van der Waals surface area contributed by atoms with Gasteiger partial charge in [-0.25, -0.2) is 4.98 Å². The minimum absolute atomic E-state index is 0.0667. The normalized spacial score (nSPS) is 13.0. The number of nitrogens with zero attached hydrogens (tertiary/aromatic N) is 1. The van der Waals surface area contributed by atoms with Gasteiger partial charge in [0.1, 0.15) is 10.3 Å². The molecule has 0 aliphatic carbocycles. The topological polar surface area (TPSA) is 12.9 Å². The maximum atomic E-state index is 5.76. The molecule has 0 aliphatic rings. The lowest BCUT2D eigenvalue weighted by Gasteiger charge is -2.18. The zero-order valence-electron chi connectivity index (χ0n) is 7.05. The molecule has 0 aliphatic heterocycles. The quantitative estimate of drug-likeness (QED) is 0.393. The first-order valence-electron chi connectivity index (χ1n) is 3.54. The highest BCUT2D eigenvalue weighted by atomic mass is 35.6. The highest BCUT2D eigenvalue weighted by Gasteiger charge is 2.33. The number of pyridine rings is 1. The minimum Gasteiger partial charge on any atom is -0.224 e. The monoisotopic (exact) mass is 379 g/mol. The summed E-state index contributed by atoms with van der Waals surface area (Å²) < 4.78 is -3.56. The Morgan fingerprint density at radius 1 is 0.750 bits per heavy atom. The smallest absolute Gasteiger partial charge is 0.218 e. The van der Waals surface area contributed by atoms with Crippen molar-refractivity contribution < 1.29 is 0 Å². The Bertz CT molecular complexity index is 369. The maximum Gasteiger partial charge on any atom is 0.218 e. The van der Waals surface area contributed by atoms with Crippen molar-refractivity contribution in [2.45, 2.75) is 7.59 Å². The first-order chi connectivity index (χ1) is 7.03. The van der Waals surface area contributed by atoms with Crippen molar-refractivity contribution in [3.05, 3.63) is 27.5 Å². The van der Waals surface area contributed by atoms with Gasteiger partial charge in [-0.3, -0.25) is 0 Å². The van der Waals surface area contributed by atoms with E-state index < -0.39 is 7.59 Å². The van der Waals surface area contributed by atoms with E-state index in [1.807, 2.05) is 0 Å². The predicted octanol–water partition coefficient (Wildman–Crippen LogP) is 6.04. The van der Waals surface area contributed by atoms with E-state index in [1.54, 1.807) is 0 Å². The Kier molecular flexibility index (Phi) is 5.07. The van der Waals surface area contributed by atoms with Crippen LogP contribution in [0.25, 0.3) is 0 Å². The number of aromatic nitrogens is 1. The number of alkyl halides is 6. The van der Waals surface area contributed by atoms with Gasteiger partial charge in [-0.1, -0.05) is 92.8 Å². The second kappa shape index (κ2) is 5.22. The lowest BCUT2D eigenvalue weighted by Crippen LogP contribution is -2.09. The van der Waals surface area contributed by atoms with E-state index >= 15 is 0 Å². The molecule has 1 rings (SSSR count). The van der Waals surface area contributed by atoms with Crippen molar-refractivity contribution in [3.63, 3.8) is 0 Å². The molecule has 0 bridgehead atoms. The Morgan fingerprint density at radius 3 is 1.31 bits per heavy atom. The minimum atomic E-state index is -1.78. The maximum absolute atomic E-state index is 5.76. The fourth-order valence-electron chi connectivity index (χ4n) is 0.868. The third-order valence-electron chi connectivity index (χ3n) is 1.54. The number of halogens is 8. The molecule has 0 fully saturated rings. The molecule has 16 heavy (non-hydrogen) atoms. The van der Waals surface area contributed by atoms with Gasteiger partial charge < -0.3 is 0 Å². The van der Waals surface area contributed by atoms with Crippen LogP contribution < -0.4 is 0 Å². The van der Waals surface area contributed by atoms with Gasteiger partial charge in [-0.05, 0) is 6.07 Å². The molecule has 1 aromatic heterocycles. The average molecular weight is 383 g/mol. The van der Waals surface area contributed by atoms with Crippen molar-refractivity contribution in [2.24, 2.45) is 0 Å². The molecule has 0 aromatic carbocycles. The largest absolute Gasteiger partial charge is 0.224 e. The number of rotatable bonds is 0. The zero-order chi connectivity index (χ0) is 12.7. The molecular formula is C7HCl8N. The summed E-state index contributed by atoms with van der Waals surface area (Å²) in [5, 5.41) is -0.133. The van der Waals surface area contributed by atoms with Gasteiger partial charge in [-0.2, -0.15) is 0 Å². The fraction of sp³-hybridized carbons (Fsp3) is 0.286. The highest BCUT2D eigenvalue weighted by molar-refractivity contribution is 6.68. The Balaban J connectivity index is 3.45. The van der Waals surface area contributed by atoms with Crippen LogP contribution in [0.3, 0.4) is 0 Å². The molecule has 0 saturated heterocycles. The van der Waals surface area contributed by atoms with Gasteiger partial charge in [0.25, 0.3) is 0 Å². The lowest BCUT2D eigenvalue weighted by molar-refractivity contribution is 1.10. The lowest BCUT2D eigenvalue weighted by atomic mass is 10.2. The van der Waals surface area contributed by atoms with Crippen molar-refractivity contribution in [2.75, 3.05) is 0 Å². The summed E-state index contributed by atoms with van der Waals surface area (Å²) in [6.07, 6.45) is 0. The van der Waals surface area contributed by atoms with Gasteiger partial charge in [0.15, 0.2) is 0 Å². The van der Waals surface area contributed by atoms with Gasteiger partial charge >= 0.3 is 0 Å². The fourth-order valence-corrected chi connectivity index (χ4v) is 2.63. The summed E-state index contributed by atoms with van der Waals surface area (Å²) in [4.78, 5) is 3.73. The standard InChI is InChI=1S/C7HCl8N/c8-4-2(6(10,11)12)1-3(5(9)16-4)7(13,14)15/h1H. The van der Waals surface area contributed by atoms with Crippen LogP contribution in [0.1, 0.15) is 11.1 Å². The van der Waals surface area contributed by atoms with Crippen LogP contribution in [0.2, 0.25) is 10.3 Å². The van der Waals surface area contributed by atoms with E-state index in [2.05, 4.69) is 4.98 Å². The van der Waals surface area contributed by atoms with Gasteiger partial charge in [0, 0.05) is 11.1 Å². The predicted molar refractivity (Wildman–Crippen MR) is 72.7 cm³/mol. The molecule has 9 heteroatoms. The molecule has 1 heterocycles. The SMILES string of the molecule is Clc1nc(Cl)c(C(Cl)(Cl)Cl)cc1C(Cl)(Cl)Cl. The molecule has 0 spiro atoms. The summed E-state index contributed by atoms with van der Waals surface area (Å²) in [6.45, 7) is 0. The second-order valence-electron chi connectivity index (χ2n) is 2.66. The molecule has 0 unspecified atom stereocenters. The molecule has 1 aromatic rings. The first-order valence-corrected chi connectivity index (χ1v) is 6.56. The van der Waals surface area contributed by atoms with Crippen LogP contribution in [0.4, 0.5) is 0 Å². The van der Waals surface area contributed by atoms with Crippen molar-refractivity contribution in [1.82, 2.24) is 4.98 Å². The van der Waals surface area contributed by atoms with Crippen LogP contribution in [0, 0.1) is 0 Å². The average Bonchev–Trinajstić information content (AvgIpc) is 1.97. The van der Waals surface area contributed by atoms with Crippen LogP contribution in [0.5, 0.6) is 0 Å². The highest BCUT2D eigenvalue weighted by Crippen LogP contribution is 2.47. The summed E-state index contributed by atoms with van der Waals surface area (Å²) in [5.74, 6) is 0. The molecule has 0 saturated carbocycles. The van der Waals surface area contributed by atoms with Crippen molar-refractivity contribution in [3.8, 4) is 0 Å². The van der Waals surface area contributed by atoms with Crippen LogP contribution in [-0.4, -0.2) is 4.98 Å². The number of hydrogen-bond acceptors (Lipinski definition) is 1. The summed E-state index contributed by atoms with van der Waals surface area (Å²) >= 11 is 45.6.